The molecule has 0 unspecified atom stereocenters. The molecule has 3 aromatic carbocycles. The largest absolute Gasteiger partial charge is 0.273 e. The average Bonchev–Trinajstić information content (AvgIpc) is 2.80. The first-order valence-corrected chi connectivity index (χ1v) is 11.6. The molecule has 3 aromatic rings. The van der Waals surface area contributed by atoms with Crippen LogP contribution in [0.25, 0.3) is 10.8 Å². The van der Waals surface area contributed by atoms with Crippen molar-refractivity contribution in [3.63, 3.8) is 0 Å². The smallest absolute Gasteiger partial charge is 0.269 e. The summed E-state index contributed by atoms with van der Waals surface area (Å²) < 4.78 is 27.5. The van der Waals surface area contributed by atoms with E-state index < -0.39 is 10.0 Å². The van der Waals surface area contributed by atoms with Gasteiger partial charge >= 0.3 is 0 Å². The lowest BCUT2D eigenvalue weighted by atomic mass is 10.1. The highest BCUT2D eigenvalue weighted by Gasteiger charge is 2.13. The van der Waals surface area contributed by atoms with E-state index >= 15 is 0 Å². The SMILES string of the molecule is O=C(CCCCCNS(=O)(=O)c1ccc2ccccc2c1)NNC(=O)c1ccccc1. The summed E-state index contributed by atoms with van der Waals surface area (Å²) in [6, 6.07) is 21.2. The lowest BCUT2D eigenvalue weighted by molar-refractivity contribution is -0.122. The van der Waals surface area contributed by atoms with Gasteiger partial charge in [0.2, 0.25) is 15.9 Å². The Kier molecular flexibility index (Phi) is 7.75. The number of fused-ring (bicyclic) bond motifs is 1. The highest BCUT2D eigenvalue weighted by Crippen LogP contribution is 2.18. The standard InChI is InChI=1S/C23H25N3O4S/c27-22(25-26-23(28)19-10-3-1-4-11-19)13-5-2-8-16-24-31(29,30)21-15-14-18-9-6-7-12-20(18)17-21/h1,3-4,6-7,9-12,14-15,17,24H,2,5,8,13,16H2,(H,25,27)(H,26,28). The molecule has 0 heterocycles. The molecule has 3 N–H and O–H groups in total. The molecule has 31 heavy (non-hydrogen) atoms. The maximum atomic E-state index is 12.5. The van der Waals surface area contributed by atoms with Gasteiger partial charge < -0.3 is 0 Å². The van der Waals surface area contributed by atoms with Gasteiger partial charge in [0.05, 0.1) is 4.90 Å². The monoisotopic (exact) mass is 439 g/mol. The molecule has 0 spiro atoms. The first-order chi connectivity index (χ1) is 15.0. The number of amides is 2. The molecule has 0 fully saturated rings. The zero-order valence-electron chi connectivity index (χ0n) is 17.0. The summed E-state index contributed by atoms with van der Waals surface area (Å²) in [5.74, 6) is -0.668. The van der Waals surface area contributed by atoms with Crippen molar-refractivity contribution in [2.45, 2.75) is 30.6 Å². The second kappa shape index (κ2) is 10.7. The van der Waals surface area contributed by atoms with Crippen molar-refractivity contribution in [1.82, 2.24) is 15.6 Å². The highest BCUT2D eigenvalue weighted by molar-refractivity contribution is 7.89. The fourth-order valence-corrected chi connectivity index (χ4v) is 4.17. The Morgan fingerprint density at radius 3 is 2.23 bits per heavy atom. The Bertz CT molecular complexity index is 1150. The number of carbonyl (C=O) groups excluding carboxylic acids is 2. The van der Waals surface area contributed by atoms with Crippen LogP contribution in [-0.4, -0.2) is 26.8 Å². The van der Waals surface area contributed by atoms with Crippen molar-refractivity contribution in [3.8, 4) is 0 Å². The van der Waals surface area contributed by atoms with Crippen LogP contribution in [0.4, 0.5) is 0 Å². The molecule has 0 aliphatic rings. The fraction of sp³-hybridized carbons (Fsp3) is 0.217. The van der Waals surface area contributed by atoms with Gasteiger partial charge in [0, 0.05) is 18.5 Å². The van der Waals surface area contributed by atoms with Gasteiger partial charge in [0.25, 0.3) is 5.91 Å². The number of unbranched alkanes of at least 4 members (excludes halogenated alkanes) is 2. The molecular weight excluding hydrogens is 414 g/mol. The molecule has 0 radical (unpaired) electrons. The third kappa shape index (κ3) is 6.63. The van der Waals surface area contributed by atoms with Crippen molar-refractivity contribution in [2.24, 2.45) is 0 Å². The number of nitrogens with one attached hydrogen (secondary N) is 3. The van der Waals surface area contributed by atoms with E-state index in [0.717, 1.165) is 10.8 Å². The number of hydrogen-bond acceptors (Lipinski definition) is 4. The number of sulfonamides is 1. The van der Waals surface area contributed by atoms with Gasteiger partial charge in [-0.05, 0) is 47.9 Å². The molecule has 0 aliphatic heterocycles. The summed E-state index contributed by atoms with van der Waals surface area (Å²) in [6.07, 6.45) is 2.12. The first kappa shape index (κ1) is 22.5. The molecule has 0 aromatic heterocycles. The zero-order chi connectivity index (χ0) is 22.1. The van der Waals surface area contributed by atoms with E-state index in [1.54, 1.807) is 48.5 Å². The lowest BCUT2D eigenvalue weighted by Gasteiger charge is -2.09. The Labute approximate surface area is 181 Å². The molecule has 162 valence electrons. The summed E-state index contributed by atoms with van der Waals surface area (Å²) >= 11 is 0. The topological polar surface area (TPSA) is 104 Å². The third-order valence-electron chi connectivity index (χ3n) is 4.76. The van der Waals surface area contributed by atoms with E-state index in [4.69, 9.17) is 0 Å². The number of hydrogen-bond donors (Lipinski definition) is 3. The van der Waals surface area contributed by atoms with Crippen molar-refractivity contribution in [3.05, 3.63) is 78.4 Å². The van der Waals surface area contributed by atoms with E-state index in [-0.39, 0.29) is 23.1 Å². The maximum Gasteiger partial charge on any atom is 0.269 e. The van der Waals surface area contributed by atoms with Gasteiger partial charge in [-0.3, -0.25) is 20.4 Å². The predicted octanol–water partition coefficient (Wildman–Crippen LogP) is 3.14. The number of benzene rings is 3. The fourth-order valence-electron chi connectivity index (χ4n) is 3.06. The van der Waals surface area contributed by atoms with Crippen LogP contribution in [0.15, 0.2) is 77.7 Å². The van der Waals surface area contributed by atoms with E-state index in [1.807, 2.05) is 24.3 Å². The predicted molar refractivity (Wildman–Crippen MR) is 120 cm³/mol. The molecular formula is C23H25N3O4S. The van der Waals surface area contributed by atoms with Crippen LogP contribution in [0.2, 0.25) is 0 Å². The van der Waals surface area contributed by atoms with Crippen molar-refractivity contribution < 1.29 is 18.0 Å². The van der Waals surface area contributed by atoms with Crippen LogP contribution in [0.3, 0.4) is 0 Å². The minimum Gasteiger partial charge on any atom is -0.273 e. The molecule has 3 rings (SSSR count). The molecule has 0 saturated heterocycles. The quantitative estimate of drug-likeness (QED) is 0.352. The van der Waals surface area contributed by atoms with E-state index in [1.165, 1.54) is 0 Å². The second-order valence-electron chi connectivity index (χ2n) is 7.09. The van der Waals surface area contributed by atoms with Crippen LogP contribution < -0.4 is 15.6 Å². The van der Waals surface area contributed by atoms with Crippen LogP contribution in [0.1, 0.15) is 36.0 Å². The van der Waals surface area contributed by atoms with Crippen LogP contribution in [-0.2, 0) is 14.8 Å². The second-order valence-corrected chi connectivity index (χ2v) is 8.85. The maximum absolute atomic E-state index is 12.5. The average molecular weight is 440 g/mol. The van der Waals surface area contributed by atoms with Gasteiger partial charge in [-0.25, -0.2) is 13.1 Å². The van der Waals surface area contributed by atoms with Gasteiger partial charge in [0.1, 0.15) is 0 Å². The lowest BCUT2D eigenvalue weighted by Crippen LogP contribution is -2.41. The molecule has 8 heteroatoms. The molecule has 0 bridgehead atoms. The third-order valence-corrected chi connectivity index (χ3v) is 6.21. The number of rotatable bonds is 9. The summed E-state index contributed by atoms with van der Waals surface area (Å²) in [7, 11) is -3.58. The van der Waals surface area contributed by atoms with Crippen molar-refractivity contribution >= 4 is 32.6 Å². The molecule has 2 amide bonds. The van der Waals surface area contributed by atoms with Crippen LogP contribution in [0, 0.1) is 0 Å². The number of hydrazine groups is 1. The zero-order valence-corrected chi connectivity index (χ0v) is 17.8. The van der Waals surface area contributed by atoms with E-state index in [9.17, 15) is 18.0 Å². The summed E-state index contributed by atoms with van der Waals surface area (Å²) in [5.41, 5.74) is 5.21. The van der Waals surface area contributed by atoms with Gasteiger partial charge in [-0.1, -0.05) is 55.0 Å². The van der Waals surface area contributed by atoms with Crippen molar-refractivity contribution in [1.29, 1.82) is 0 Å². The van der Waals surface area contributed by atoms with Gasteiger partial charge in [-0.15, -0.1) is 0 Å². The Hall–Kier alpha value is -3.23. The Morgan fingerprint density at radius 2 is 1.45 bits per heavy atom. The Morgan fingerprint density at radius 1 is 0.742 bits per heavy atom. The summed E-state index contributed by atoms with van der Waals surface area (Å²) in [6.45, 7) is 0.293. The molecule has 7 nitrogen and oxygen atoms in total. The van der Waals surface area contributed by atoms with Gasteiger partial charge in [0.15, 0.2) is 0 Å². The van der Waals surface area contributed by atoms with E-state index in [0.29, 0.717) is 31.4 Å². The van der Waals surface area contributed by atoms with Crippen LogP contribution >= 0.6 is 0 Å². The normalized spacial score (nSPS) is 11.2. The summed E-state index contributed by atoms with van der Waals surface area (Å²) in [5, 5.41) is 1.86. The van der Waals surface area contributed by atoms with Crippen LogP contribution in [0.5, 0.6) is 0 Å². The minimum absolute atomic E-state index is 0.236. The minimum atomic E-state index is -3.58. The first-order valence-electron chi connectivity index (χ1n) is 10.1. The summed E-state index contributed by atoms with van der Waals surface area (Å²) in [4.78, 5) is 23.9. The molecule has 0 saturated carbocycles. The Balaban J connectivity index is 1.34. The molecule has 0 aliphatic carbocycles. The molecule has 0 atom stereocenters. The van der Waals surface area contributed by atoms with E-state index in [2.05, 4.69) is 15.6 Å². The number of carbonyl (C=O) groups is 2. The van der Waals surface area contributed by atoms with Crippen molar-refractivity contribution in [2.75, 3.05) is 6.54 Å². The van der Waals surface area contributed by atoms with Gasteiger partial charge in [-0.2, -0.15) is 0 Å². The highest BCUT2D eigenvalue weighted by atomic mass is 32.2.